The van der Waals surface area contributed by atoms with E-state index in [2.05, 4.69) is 30.0 Å². The van der Waals surface area contributed by atoms with Gasteiger partial charge in [-0.3, -0.25) is 0 Å². The summed E-state index contributed by atoms with van der Waals surface area (Å²) in [5.41, 5.74) is 9.41. The standard InChI is InChI=1S/C21H28N2O/c1-2-11-21(18-4-3-5-20(24)15-18)12-14-23(16-21)13-10-17-6-8-19(22)9-7-17/h3-9,15,24H,2,10-14,16,22H2,1H3. The number of rotatable bonds is 6. The molecule has 0 aromatic heterocycles. The third-order valence-corrected chi connectivity index (χ3v) is 5.32. The number of nitrogen functional groups attached to an aromatic ring is 1. The monoisotopic (exact) mass is 324 g/mol. The molecule has 0 saturated carbocycles. The summed E-state index contributed by atoms with van der Waals surface area (Å²) < 4.78 is 0. The zero-order chi connectivity index (χ0) is 17.0. The Labute approximate surface area is 145 Å². The van der Waals surface area contributed by atoms with Gasteiger partial charge in [-0.05, 0) is 61.2 Å². The van der Waals surface area contributed by atoms with Gasteiger partial charge in [0.05, 0.1) is 0 Å². The highest BCUT2D eigenvalue weighted by molar-refractivity contribution is 5.39. The number of benzene rings is 2. The molecule has 1 heterocycles. The van der Waals surface area contributed by atoms with E-state index in [0.29, 0.717) is 5.75 Å². The van der Waals surface area contributed by atoms with Gasteiger partial charge in [0, 0.05) is 24.2 Å². The summed E-state index contributed by atoms with van der Waals surface area (Å²) in [6, 6.07) is 16.1. The van der Waals surface area contributed by atoms with Crippen LogP contribution >= 0.6 is 0 Å². The third kappa shape index (κ3) is 3.73. The molecule has 3 rings (SSSR count). The van der Waals surface area contributed by atoms with E-state index in [1.807, 2.05) is 24.3 Å². The second kappa shape index (κ2) is 7.27. The number of phenolic OH excluding ortho intramolecular Hbond substituents is 1. The minimum atomic E-state index is 0.189. The number of anilines is 1. The topological polar surface area (TPSA) is 49.5 Å². The van der Waals surface area contributed by atoms with Crippen molar-refractivity contribution >= 4 is 5.69 Å². The summed E-state index contributed by atoms with van der Waals surface area (Å²) in [6.45, 7) is 5.54. The van der Waals surface area contributed by atoms with E-state index < -0.39 is 0 Å². The van der Waals surface area contributed by atoms with Crippen LogP contribution in [0, 0.1) is 0 Å². The Morgan fingerprint density at radius 3 is 2.67 bits per heavy atom. The van der Waals surface area contributed by atoms with Crippen molar-refractivity contribution in [2.45, 2.75) is 38.0 Å². The Balaban J connectivity index is 1.67. The van der Waals surface area contributed by atoms with Crippen LogP contribution in [-0.2, 0) is 11.8 Å². The molecule has 24 heavy (non-hydrogen) atoms. The molecule has 3 nitrogen and oxygen atoms in total. The summed E-state index contributed by atoms with van der Waals surface area (Å²) in [5.74, 6) is 0.378. The molecule has 0 radical (unpaired) electrons. The predicted octanol–water partition coefficient (Wildman–Crippen LogP) is 3.96. The van der Waals surface area contributed by atoms with E-state index in [-0.39, 0.29) is 5.41 Å². The lowest BCUT2D eigenvalue weighted by Gasteiger charge is -2.30. The van der Waals surface area contributed by atoms with Gasteiger partial charge >= 0.3 is 0 Å². The minimum Gasteiger partial charge on any atom is -0.508 e. The van der Waals surface area contributed by atoms with Crippen molar-refractivity contribution in [1.29, 1.82) is 0 Å². The Morgan fingerprint density at radius 1 is 1.17 bits per heavy atom. The van der Waals surface area contributed by atoms with Gasteiger partial charge in [-0.2, -0.15) is 0 Å². The molecule has 0 aliphatic carbocycles. The van der Waals surface area contributed by atoms with Gasteiger partial charge in [-0.25, -0.2) is 0 Å². The van der Waals surface area contributed by atoms with Gasteiger partial charge in [-0.15, -0.1) is 0 Å². The number of likely N-dealkylation sites (tertiary alicyclic amines) is 1. The van der Waals surface area contributed by atoms with E-state index in [1.54, 1.807) is 6.07 Å². The second-order valence-electron chi connectivity index (χ2n) is 7.10. The van der Waals surface area contributed by atoms with Crippen LogP contribution in [0.25, 0.3) is 0 Å². The average molecular weight is 324 g/mol. The molecule has 1 aliphatic rings. The maximum Gasteiger partial charge on any atom is 0.115 e. The van der Waals surface area contributed by atoms with E-state index in [9.17, 15) is 5.11 Å². The lowest BCUT2D eigenvalue weighted by atomic mass is 9.76. The van der Waals surface area contributed by atoms with E-state index in [1.165, 1.54) is 30.4 Å². The Morgan fingerprint density at radius 2 is 1.96 bits per heavy atom. The number of phenols is 1. The van der Waals surface area contributed by atoms with Gasteiger partial charge in [-0.1, -0.05) is 37.6 Å². The average Bonchev–Trinajstić information content (AvgIpc) is 2.99. The van der Waals surface area contributed by atoms with Crippen LogP contribution in [0.1, 0.15) is 37.3 Å². The number of aromatic hydroxyl groups is 1. The lowest BCUT2D eigenvalue weighted by Crippen LogP contribution is -2.32. The van der Waals surface area contributed by atoms with Gasteiger partial charge in [0.15, 0.2) is 0 Å². The maximum atomic E-state index is 9.87. The third-order valence-electron chi connectivity index (χ3n) is 5.32. The smallest absolute Gasteiger partial charge is 0.115 e. The first-order chi connectivity index (χ1) is 11.6. The van der Waals surface area contributed by atoms with E-state index in [0.717, 1.165) is 31.7 Å². The van der Waals surface area contributed by atoms with Gasteiger partial charge in [0.25, 0.3) is 0 Å². The highest BCUT2D eigenvalue weighted by Gasteiger charge is 2.38. The molecule has 0 spiro atoms. The van der Waals surface area contributed by atoms with Crippen LogP contribution < -0.4 is 5.73 Å². The van der Waals surface area contributed by atoms with Crippen molar-refractivity contribution in [3.05, 3.63) is 59.7 Å². The molecule has 2 aromatic carbocycles. The van der Waals surface area contributed by atoms with Crippen molar-refractivity contribution < 1.29 is 5.11 Å². The van der Waals surface area contributed by atoms with Crippen LogP contribution in [0.15, 0.2) is 48.5 Å². The van der Waals surface area contributed by atoms with Crippen LogP contribution in [0.3, 0.4) is 0 Å². The first kappa shape index (κ1) is 16.8. The molecule has 1 aliphatic heterocycles. The van der Waals surface area contributed by atoms with Gasteiger partial charge in [0.1, 0.15) is 5.75 Å². The highest BCUT2D eigenvalue weighted by Crippen LogP contribution is 2.39. The number of hydrogen-bond acceptors (Lipinski definition) is 3. The molecule has 0 amide bonds. The fourth-order valence-corrected chi connectivity index (χ4v) is 4.02. The largest absolute Gasteiger partial charge is 0.508 e. The first-order valence-electron chi connectivity index (χ1n) is 8.98. The van der Waals surface area contributed by atoms with Crippen LogP contribution in [0.4, 0.5) is 5.69 Å². The molecule has 2 aromatic rings. The molecular formula is C21H28N2O. The molecule has 3 N–H and O–H groups in total. The molecule has 1 unspecified atom stereocenters. The summed E-state index contributed by atoms with van der Waals surface area (Å²) >= 11 is 0. The molecule has 3 heteroatoms. The quantitative estimate of drug-likeness (QED) is 0.791. The Bertz CT molecular complexity index is 668. The Kier molecular flexibility index (Phi) is 5.10. The maximum absolute atomic E-state index is 9.87. The molecule has 1 fully saturated rings. The molecular weight excluding hydrogens is 296 g/mol. The fourth-order valence-electron chi connectivity index (χ4n) is 4.02. The SMILES string of the molecule is CCCC1(c2cccc(O)c2)CCN(CCc2ccc(N)cc2)C1. The number of hydrogen-bond donors (Lipinski definition) is 2. The van der Waals surface area contributed by atoms with Crippen LogP contribution in [-0.4, -0.2) is 29.6 Å². The van der Waals surface area contributed by atoms with E-state index >= 15 is 0 Å². The zero-order valence-corrected chi connectivity index (χ0v) is 14.5. The van der Waals surface area contributed by atoms with Crippen LogP contribution in [0.2, 0.25) is 0 Å². The summed E-state index contributed by atoms with van der Waals surface area (Å²) in [6.07, 6.45) is 4.57. The number of nitrogens with zero attached hydrogens (tertiary/aromatic N) is 1. The van der Waals surface area contributed by atoms with Crippen molar-refractivity contribution in [3.63, 3.8) is 0 Å². The molecule has 1 atom stereocenters. The normalized spacial score (nSPS) is 21.2. The van der Waals surface area contributed by atoms with Gasteiger partial charge < -0.3 is 15.7 Å². The Hall–Kier alpha value is -2.00. The van der Waals surface area contributed by atoms with Crippen molar-refractivity contribution in [2.75, 3.05) is 25.4 Å². The van der Waals surface area contributed by atoms with Crippen molar-refractivity contribution in [3.8, 4) is 5.75 Å². The predicted molar refractivity (Wildman–Crippen MR) is 100 cm³/mol. The van der Waals surface area contributed by atoms with Gasteiger partial charge in [0.2, 0.25) is 0 Å². The second-order valence-corrected chi connectivity index (χ2v) is 7.10. The first-order valence-corrected chi connectivity index (χ1v) is 8.98. The minimum absolute atomic E-state index is 0.189. The van der Waals surface area contributed by atoms with E-state index in [4.69, 9.17) is 5.73 Å². The number of nitrogens with two attached hydrogens (primary N) is 1. The molecule has 0 bridgehead atoms. The highest BCUT2D eigenvalue weighted by atomic mass is 16.3. The summed E-state index contributed by atoms with van der Waals surface area (Å²) in [5, 5.41) is 9.87. The fraction of sp³-hybridized carbons (Fsp3) is 0.429. The molecule has 128 valence electrons. The lowest BCUT2D eigenvalue weighted by molar-refractivity contribution is 0.304. The zero-order valence-electron chi connectivity index (χ0n) is 14.5. The van der Waals surface area contributed by atoms with Crippen LogP contribution in [0.5, 0.6) is 5.75 Å². The van der Waals surface area contributed by atoms with Crippen molar-refractivity contribution in [2.24, 2.45) is 0 Å². The summed E-state index contributed by atoms with van der Waals surface area (Å²) in [4.78, 5) is 2.57. The molecule has 1 saturated heterocycles. The summed E-state index contributed by atoms with van der Waals surface area (Å²) in [7, 11) is 0. The van der Waals surface area contributed by atoms with Crippen molar-refractivity contribution in [1.82, 2.24) is 4.90 Å².